The van der Waals surface area contributed by atoms with Crippen molar-refractivity contribution in [1.29, 1.82) is 5.26 Å². The van der Waals surface area contributed by atoms with Gasteiger partial charge in [0, 0.05) is 10.1 Å². The Hall–Kier alpha value is -3.10. The number of pyridine rings is 1. The molecule has 0 bridgehead atoms. The molecule has 3 heterocycles. The van der Waals surface area contributed by atoms with E-state index in [1.807, 2.05) is 52.9 Å². The highest BCUT2D eigenvalue weighted by atomic mass is 32.1. The molecule has 0 aliphatic carbocycles. The zero-order valence-corrected chi connectivity index (χ0v) is 12.6. The van der Waals surface area contributed by atoms with E-state index in [4.69, 9.17) is 0 Å². The number of aromatic nitrogens is 2. The number of nitrogens with zero attached hydrogens (tertiary/aromatic N) is 2. The van der Waals surface area contributed by atoms with Crippen LogP contribution in [0.4, 0.5) is 0 Å². The predicted molar refractivity (Wildman–Crippen MR) is 93.1 cm³/mol. The topological polar surface area (TPSA) is 61.1 Å². The average Bonchev–Trinajstić information content (AvgIpc) is 3.13. The van der Waals surface area contributed by atoms with Gasteiger partial charge in [0.25, 0.3) is 0 Å². The van der Waals surface area contributed by atoms with E-state index in [1.165, 1.54) is 11.3 Å². The maximum Gasteiger partial charge on any atom is 0.219 e. The highest BCUT2D eigenvalue weighted by molar-refractivity contribution is 7.25. The number of rotatable bonds is 0. The van der Waals surface area contributed by atoms with Crippen LogP contribution in [0.5, 0.6) is 0 Å². The van der Waals surface area contributed by atoms with Crippen LogP contribution in [0.25, 0.3) is 37.0 Å². The highest BCUT2D eigenvalue weighted by Gasteiger charge is 2.19. The summed E-state index contributed by atoms with van der Waals surface area (Å²) in [5, 5.41) is 10.5. The number of nitrogens with one attached hydrogen (secondary N) is 1. The summed E-state index contributed by atoms with van der Waals surface area (Å²) in [6, 6.07) is 17.9. The summed E-state index contributed by atoms with van der Waals surface area (Å²) in [7, 11) is 0. The van der Waals surface area contributed by atoms with Crippen molar-refractivity contribution in [3.8, 4) is 6.07 Å². The van der Waals surface area contributed by atoms with Crippen LogP contribution in [0, 0.1) is 11.3 Å². The van der Waals surface area contributed by atoms with Gasteiger partial charge in [-0.2, -0.15) is 5.26 Å². The smallest absolute Gasteiger partial charge is 0.219 e. The molecule has 0 amide bonds. The van der Waals surface area contributed by atoms with Crippen LogP contribution in [-0.2, 0) is 0 Å². The van der Waals surface area contributed by atoms with E-state index in [-0.39, 0.29) is 11.0 Å². The highest BCUT2D eigenvalue weighted by Crippen LogP contribution is 2.34. The molecule has 0 aliphatic heterocycles. The first kappa shape index (κ1) is 12.4. The summed E-state index contributed by atoms with van der Waals surface area (Å²) in [6.45, 7) is 0. The fourth-order valence-electron chi connectivity index (χ4n) is 3.22. The largest absolute Gasteiger partial charge is 0.338 e. The van der Waals surface area contributed by atoms with Crippen molar-refractivity contribution in [1.82, 2.24) is 9.38 Å². The summed E-state index contributed by atoms with van der Waals surface area (Å²) < 4.78 is 3.68. The lowest BCUT2D eigenvalue weighted by molar-refractivity contribution is 1.28. The normalized spacial score (nSPS) is 11.6. The lowest BCUT2D eigenvalue weighted by Crippen LogP contribution is -2.08. The molecule has 0 spiro atoms. The molecular weight excluding hydrogens is 306 g/mol. The molecule has 1 N–H and O–H groups in total. The molecule has 108 valence electrons. The minimum Gasteiger partial charge on any atom is -0.338 e. The minimum atomic E-state index is -0.199. The Morgan fingerprint density at radius 3 is 2.74 bits per heavy atom. The van der Waals surface area contributed by atoms with Crippen molar-refractivity contribution in [2.24, 2.45) is 0 Å². The molecule has 0 unspecified atom stereocenters. The Labute approximate surface area is 133 Å². The number of hydrogen-bond acceptors (Lipinski definition) is 3. The number of fused-ring (bicyclic) bond motifs is 7. The SMILES string of the molecule is N#Cc1c(=O)c2sc3ccccc3c2n2c1[nH]c1ccccc12. The maximum atomic E-state index is 12.8. The standard InChI is InChI=1S/C18H9N3OS/c19-9-11-16(22)17-15(10-5-1-4-8-14(10)23-17)21-13-7-3-2-6-12(13)20-18(11)21/h1-8,20H. The number of aromatic amines is 1. The number of hydrogen-bond donors (Lipinski definition) is 1. The Kier molecular flexibility index (Phi) is 2.28. The van der Waals surface area contributed by atoms with Gasteiger partial charge in [0.1, 0.15) is 22.0 Å². The van der Waals surface area contributed by atoms with E-state index in [0.29, 0.717) is 10.3 Å². The van der Waals surface area contributed by atoms with E-state index >= 15 is 0 Å². The second-order valence-corrected chi connectivity index (χ2v) is 6.47. The molecule has 3 aromatic heterocycles. The van der Waals surface area contributed by atoms with E-state index in [0.717, 1.165) is 26.6 Å². The molecule has 0 radical (unpaired) electrons. The maximum absolute atomic E-state index is 12.8. The molecule has 23 heavy (non-hydrogen) atoms. The van der Waals surface area contributed by atoms with Gasteiger partial charge < -0.3 is 4.98 Å². The lowest BCUT2D eigenvalue weighted by atomic mass is 10.2. The van der Waals surface area contributed by atoms with Gasteiger partial charge in [0.2, 0.25) is 5.43 Å². The van der Waals surface area contributed by atoms with E-state index in [2.05, 4.69) is 11.1 Å². The summed E-state index contributed by atoms with van der Waals surface area (Å²) >= 11 is 1.45. The third kappa shape index (κ3) is 1.46. The second kappa shape index (κ2) is 4.22. The van der Waals surface area contributed by atoms with Gasteiger partial charge in [0.05, 0.1) is 16.6 Å². The van der Waals surface area contributed by atoms with Crippen molar-refractivity contribution >= 4 is 48.3 Å². The zero-order valence-electron chi connectivity index (χ0n) is 11.8. The van der Waals surface area contributed by atoms with Crippen molar-refractivity contribution in [3.05, 3.63) is 64.3 Å². The second-order valence-electron chi connectivity index (χ2n) is 5.42. The number of benzene rings is 2. The van der Waals surface area contributed by atoms with Crippen LogP contribution in [0.1, 0.15) is 5.56 Å². The molecule has 4 nitrogen and oxygen atoms in total. The molecule has 0 fully saturated rings. The molecule has 0 saturated carbocycles. The fourth-order valence-corrected chi connectivity index (χ4v) is 4.35. The zero-order chi connectivity index (χ0) is 15.6. The molecule has 0 atom stereocenters. The van der Waals surface area contributed by atoms with Crippen molar-refractivity contribution < 1.29 is 0 Å². The summed E-state index contributed by atoms with van der Waals surface area (Å²) in [5.74, 6) is 0. The van der Waals surface area contributed by atoms with Gasteiger partial charge in [-0.05, 0) is 18.2 Å². The Morgan fingerprint density at radius 2 is 1.87 bits per heavy atom. The van der Waals surface area contributed by atoms with Gasteiger partial charge in [-0.15, -0.1) is 11.3 Å². The first-order valence-corrected chi connectivity index (χ1v) is 7.98. The van der Waals surface area contributed by atoms with Gasteiger partial charge in [-0.25, -0.2) is 0 Å². The van der Waals surface area contributed by atoms with Crippen LogP contribution in [0.2, 0.25) is 0 Å². The van der Waals surface area contributed by atoms with Gasteiger partial charge in [-0.1, -0.05) is 30.3 Å². The predicted octanol–water partition coefficient (Wildman–Crippen LogP) is 4.02. The van der Waals surface area contributed by atoms with Crippen molar-refractivity contribution in [2.75, 3.05) is 0 Å². The number of nitriles is 1. The van der Waals surface area contributed by atoms with Crippen LogP contribution in [0.3, 0.4) is 0 Å². The Bertz CT molecular complexity index is 1350. The number of H-pyrrole nitrogens is 1. The number of para-hydroxylation sites is 2. The molecule has 2 aromatic carbocycles. The van der Waals surface area contributed by atoms with Gasteiger partial charge in [0.15, 0.2) is 0 Å². The average molecular weight is 315 g/mol. The van der Waals surface area contributed by atoms with Gasteiger partial charge >= 0.3 is 0 Å². The van der Waals surface area contributed by atoms with Crippen LogP contribution in [-0.4, -0.2) is 9.38 Å². The first-order chi connectivity index (χ1) is 11.3. The molecular formula is C18H9N3OS. The number of imidazole rings is 1. The van der Waals surface area contributed by atoms with Gasteiger partial charge in [-0.3, -0.25) is 9.20 Å². The van der Waals surface area contributed by atoms with Crippen LogP contribution >= 0.6 is 11.3 Å². The monoisotopic (exact) mass is 315 g/mol. The molecule has 0 saturated heterocycles. The molecule has 5 rings (SSSR count). The van der Waals surface area contributed by atoms with E-state index < -0.39 is 0 Å². The molecule has 5 aromatic rings. The minimum absolute atomic E-state index is 0.167. The van der Waals surface area contributed by atoms with Crippen molar-refractivity contribution in [2.45, 2.75) is 0 Å². The summed E-state index contributed by atoms with van der Waals surface area (Å²) in [4.78, 5) is 16.0. The quantitative estimate of drug-likeness (QED) is 0.469. The third-order valence-corrected chi connectivity index (χ3v) is 5.36. The fraction of sp³-hybridized carbons (Fsp3) is 0. The van der Waals surface area contributed by atoms with E-state index in [1.54, 1.807) is 0 Å². The summed E-state index contributed by atoms with van der Waals surface area (Å²) in [5.41, 5.74) is 3.28. The first-order valence-electron chi connectivity index (χ1n) is 7.16. The molecule has 5 heteroatoms. The van der Waals surface area contributed by atoms with E-state index in [9.17, 15) is 10.1 Å². The number of thiophene rings is 1. The van der Waals surface area contributed by atoms with Crippen LogP contribution < -0.4 is 5.43 Å². The Morgan fingerprint density at radius 1 is 1.09 bits per heavy atom. The summed E-state index contributed by atoms with van der Waals surface area (Å²) in [6.07, 6.45) is 0. The molecule has 0 aliphatic rings. The lowest BCUT2D eigenvalue weighted by Gasteiger charge is -2.01. The van der Waals surface area contributed by atoms with Crippen LogP contribution in [0.15, 0.2) is 53.3 Å². The third-order valence-electron chi connectivity index (χ3n) is 4.20. The van der Waals surface area contributed by atoms with Crippen molar-refractivity contribution in [3.63, 3.8) is 0 Å². The Balaban J connectivity index is 2.27.